The largest absolute Gasteiger partial charge is 0.308 e. The summed E-state index contributed by atoms with van der Waals surface area (Å²) >= 11 is 0. The maximum Gasteiger partial charge on any atom is 0.251 e. The molecule has 1 amide bonds. The number of pyridine rings is 1. The van der Waals surface area contributed by atoms with Crippen LogP contribution in [-0.2, 0) is 10.2 Å². The minimum absolute atomic E-state index is 0.0337. The number of aromatic nitrogens is 1. The van der Waals surface area contributed by atoms with Gasteiger partial charge in [0, 0.05) is 29.9 Å². The highest BCUT2D eigenvalue weighted by atomic mass is 16.2. The van der Waals surface area contributed by atoms with Crippen LogP contribution in [0, 0.1) is 0 Å². The summed E-state index contributed by atoms with van der Waals surface area (Å²) in [4.78, 5) is 19.0. The van der Waals surface area contributed by atoms with E-state index < -0.39 is 0 Å². The maximum atomic E-state index is 12.8. The molecule has 3 nitrogen and oxygen atoms in total. The van der Waals surface area contributed by atoms with Crippen LogP contribution in [0.25, 0.3) is 16.5 Å². The van der Waals surface area contributed by atoms with E-state index >= 15 is 0 Å². The third kappa shape index (κ3) is 3.50. The minimum atomic E-state index is 0.0337. The Morgan fingerprint density at radius 3 is 2.48 bits per heavy atom. The molecule has 0 saturated heterocycles. The van der Waals surface area contributed by atoms with E-state index in [4.69, 9.17) is 0 Å². The van der Waals surface area contributed by atoms with Crippen molar-refractivity contribution in [1.82, 2.24) is 4.98 Å². The SMILES string of the molecule is CC(C)(C)c1ccc(C2=CC(=O)N(c3ccc4cccnc4c3)CC2)cc1. The molecule has 0 radical (unpaired) electrons. The lowest BCUT2D eigenvalue weighted by atomic mass is 9.86. The zero-order chi connectivity index (χ0) is 19.0. The average Bonchev–Trinajstić information content (AvgIpc) is 2.67. The Morgan fingerprint density at radius 1 is 1.00 bits per heavy atom. The normalized spacial score (nSPS) is 15.1. The lowest BCUT2D eigenvalue weighted by Crippen LogP contribution is -2.33. The second kappa shape index (κ2) is 6.66. The van der Waals surface area contributed by atoms with Crippen LogP contribution in [0.4, 0.5) is 5.69 Å². The molecule has 2 heterocycles. The lowest BCUT2D eigenvalue weighted by molar-refractivity contribution is -0.114. The van der Waals surface area contributed by atoms with Crippen LogP contribution in [-0.4, -0.2) is 17.4 Å². The summed E-state index contributed by atoms with van der Waals surface area (Å²) in [5, 5.41) is 1.08. The van der Waals surface area contributed by atoms with Crippen molar-refractivity contribution in [3.8, 4) is 0 Å². The van der Waals surface area contributed by atoms with Crippen molar-refractivity contribution in [2.24, 2.45) is 0 Å². The van der Waals surface area contributed by atoms with Crippen LogP contribution >= 0.6 is 0 Å². The van der Waals surface area contributed by atoms with Crippen molar-refractivity contribution < 1.29 is 4.79 Å². The number of amides is 1. The fraction of sp³-hybridized carbons (Fsp3) is 0.250. The van der Waals surface area contributed by atoms with Gasteiger partial charge in [0.1, 0.15) is 0 Å². The predicted molar refractivity (Wildman–Crippen MR) is 112 cm³/mol. The number of carbonyl (C=O) groups is 1. The molecule has 0 spiro atoms. The van der Waals surface area contributed by atoms with Crippen molar-refractivity contribution >= 4 is 28.1 Å². The Balaban J connectivity index is 1.59. The summed E-state index contributed by atoms with van der Waals surface area (Å²) in [5.41, 5.74) is 5.50. The van der Waals surface area contributed by atoms with Gasteiger partial charge in [0.2, 0.25) is 0 Å². The number of fused-ring (bicyclic) bond motifs is 1. The van der Waals surface area contributed by atoms with Crippen molar-refractivity contribution in [2.75, 3.05) is 11.4 Å². The molecule has 3 aromatic rings. The molecule has 136 valence electrons. The quantitative estimate of drug-likeness (QED) is 0.620. The molecule has 0 aliphatic carbocycles. The van der Waals surface area contributed by atoms with Crippen LogP contribution in [0.1, 0.15) is 38.3 Å². The van der Waals surface area contributed by atoms with Crippen molar-refractivity contribution in [3.05, 3.63) is 78.0 Å². The van der Waals surface area contributed by atoms with Gasteiger partial charge in [-0.3, -0.25) is 9.78 Å². The average molecular weight is 356 g/mol. The van der Waals surface area contributed by atoms with Crippen molar-refractivity contribution in [3.63, 3.8) is 0 Å². The highest BCUT2D eigenvalue weighted by Gasteiger charge is 2.21. The third-order valence-corrected chi connectivity index (χ3v) is 5.19. The van der Waals surface area contributed by atoms with Crippen molar-refractivity contribution in [2.45, 2.75) is 32.6 Å². The van der Waals surface area contributed by atoms with Gasteiger partial charge in [-0.05, 0) is 46.7 Å². The van der Waals surface area contributed by atoms with Crippen LogP contribution < -0.4 is 4.90 Å². The first-order chi connectivity index (χ1) is 12.9. The zero-order valence-electron chi connectivity index (χ0n) is 16.1. The Labute approximate surface area is 160 Å². The van der Waals surface area contributed by atoms with Gasteiger partial charge < -0.3 is 4.90 Å². The Morgan fingerprint density at radius 2 is 1.78 bits per heavy atom. The summed E-state index contributed by atoms with van der Waals surface area (Å²) in [6, 6.07) is 18.6. The predicted octanol–water partition coefficient (Wildman–Crippen LogP) is 5.35. The molecule has 27 heavy (non-hydrogen) atoms. The molecule has 0 fully saturated rings. The first-order valence-corrected chi connectivity index (χ1v) is 9.40. The van der Waals surface area contributed by atoms with E-state index in [1.165, 1.54) is 5.56 Å². The second-order valence-electron chi connectivity index (χ2n) is 8.12. The fourth-order valence-electron chi connectivity index (χ4n) is 3.53. The minimum Gasteiger partial charge on any atom is -0.308 e. The number of hydrogen-bond acceptors (Lipinski definition) is 2. The first kappa shape index (κ1) is 17.5. The molecule has 0 bridgehead atoms. The summed E-state index contributed by atoms with van der Waals surface area (Å²) in [6.07, 6.45) is 4.41. The Hall–Kier alpha value is -2.94. The van der Waals surface area contributed by atoms with E-state index in [0.717, 1.165) is 34.1 Å². The van der Waals surface area contributed by atoms with Gasteiger partial charge in [0.25, 0.3) is 5.91 Å². The Kier molecular flexibility index (Phi) is 4.31. The highest BCUT2D eigenvalue weighted by Crippen LogP contribution is 2.30. The summed E-state index contributed by atoms with van der Waals surface area (Å²) in [7, 11) is 0. The first-order valence-electron chi connectivity index (χ1n) is 9.40. The monoisotopic (exact) mass is 356 g/mol. The second-order valence-corrected chi connectivity index (χ2v) is 8.12. The summed E-state index contributed by atoms with van der Waals surface area (Å²) < 4.78 is 0. The Bertz CT molecular complexity index is 1030. The third-order valence-electron chi connectivity index (χ3n) is 5.19. The highest BCUT2D eigenvalue weighted by molar-refractivity contribution is 6.08. The topological polar surface area (TPSA) is 33.2 Å². The van der Waals surface area contributed by atoms with Gasteiger partial charge in [-0.15, -0.1) is 0 Å². The van der Waals surface area contributed by atoms with Gasteiger partial charge >= 0.3 is 0 Å². The number of anilines is 1. The van der Waals surface area contributed by atoms with Crippen molar-refractivity contribution in [1.29, 1.82) is 0 Å². The van der Waals surface area contributed by atoms with E-state index in [-0.39, 0.29) is 11.3 Å². The number of benzene rings is 2. The zero-order valence-corrected chi connectivity index (χ0v) is 16.1. The molecule has 0 unspecified atom stereocenters. The van der Waals surface area contributed by atoms with E-state index in [0.29, 0.717) is 6.54 Å². The fourth-order valence-corrected chi connectivity index (χ4v) is 3.53. The lowest BCUT2D eigenvalue weighted by Gasteiger charge is -2.27. The van der Waals surface area contributed by atoms with Gasteiger partial charge in [-0.2, -0.15) is 0 Å². The molecular formula is C24H24N2O. The molecule has 4 rings (SSSR count). The number of nitrogens with zero attached hydrogens (tertiary/aromatic N) is 2. The van der Waals surface area contributed by atoms with E-state index in [9.17, 15) is 4.79 Å². The van der Waals surface area contributed by atoms with Gasteiger partial charge in [0.05, 0.1) is 5.52 Å². The van der Waals surface area contributed by atoms with E-state index in [1.54, 1.807) is 12.3 Å². The standard InChI is InChI=1S/C24H24N2O/c1-24(2,3)20-9-6-17(7-10-20)19-12-14-26(23(27)15-19)21-11-8-18-5-4-13-25-22(18)16-21/h4-11,13,15-16H,12,14H2,1-3H3. The summed E-state index contributed by atoms with van der Waals surface area (Å²) in [6.45, 7) is 7.31. The maximum absolute atomic E-state index is 12.8. The molecule has 0 N–H and O–H groups in total. The van der Waals surface area contributed by atoms with Gasteiger partial charge in [0.15, 0.2) is 0 Å². The van der Waals surface area contributed by atoms with Crippen LogP contribution in [0.5, 0.6) is 0 Å². The molecular weight excluding hydrogens is 332 g/mol. The van der Waals surface area contributed by atoms with E-state index in [1.807, 2.05) is 35.2 Å². The van der Waals surface area contributed by atoms with Gasteiger partial charge in [-0.1, -0.05) is 57.2 Å². The number of rotatable bonds is 2. The molecule has 3 heteroatoms. The molecule has 1 aromatic heterocycles. The molecule has 0 saturated carbocycles. The van der Waals surface area contributed by atoms with Gasteiger partial charge in [-0.25, -0.2) is 0 Å². The smallest absolute Gasteiger partial charge is 0.251 e. The number of hydrogen-bond donors (Lipinski definition) is 0. The van der Waals surface area contributed by atoms with Crippen LogP contribution in [0.3, 0.4) is 0 Å². The van der Waals surface area contributed by atoms with Crippen LogP contribution in [0.15, 0.2) is 66.9 Å². The molecule has 0 atom stereocenters. The van der Waals surface area contributed by atoms with E-state index in [2.05, 4.69) is 50.0 Å². The van der Waals surface area contributed by atoms with Crippen LogP contribution in [0.2, 0.25) is 0 Å². The molecule has 1 aliphatic heterocycles. The summed E-state index contributed by atoms with van der Waals surface area (Å²) in [5.74, 6) is 0.0337. The molecule has 1 aliphatic rings. The molecule has 2 aromatic carbocycles. The number of carbonyl (C=O) groups excluding carboxylic acids is 1.